The molecule has 2 N–H and O–H groups in total. The Hall–Kier alpha value is -1.33. The number of nitrogens with zero attached hydrogens (tertiary/aromatic N) is 3. The van der Waals surface area contributed by atoms with Crippen LogP contribution in [0.5, 0.6) is 0 Å². The monoisotopic (exact) mass is 278 g/mol. The van der Waals surface area contributed by atoms with Gasteiger partial charge in [0.2, 0.25) is 0 Å². The second-order valence-corrected chi connectivity index (χ2v) is 5.74. The molecule has 0 amide bonds. The quantitative estimate of drug-likeness (QED) is 0.798. The molecule has 5 heteroatoms. The van der Waals surface area contributed by atoms with E-state index in [0.717, 1.165) is 51.6 Å². The molecular weight excluding hydrogens is 252 g/mol. The van der Waals surface area contributed by atoms with Gasteiger partial charge >= 0.3 is 0 Å². The highest BCUT2D eigenvalue weighted by Gasteiger charge is 2.16. The van der Waals surface area contributed by atoms with Crippen molar-refractivity contribution in [2.45, 2.75) is 13.8 Å². The molecule has 0 atom stereocenters. The lowest BCUT2D eigenvalue weighted by Crippen LogP contribution is -2.47. The minimum absolute atomic E-state index is 0.578. The number of nitrogens with two attached hydrogens (primary N) is 1. The number of ether oxygens (including phenoxy) is 1. The maximum Gasteiger partial charge on any atom is 0.123 e. The fraction of sp³-hybridized carbons (Fsp3) is 0.667. The maximum absolute atomic E-state index is 5.64. The van der Waals surface area contributed by atoms with Crippen molar-refractivity contribution >= 4 is 11.5 Å². The van der Waals surface area contributed by atoms with Crippen molar-refractivity contribution in [2.75, 3.05) is 56.6 Å². The Balaban J connectivity index is 1.68. The van der Waals surface area contributed by atoms with Gasteiger partial charge in [-0.1, -0.05) is 13.8 Å². The molecular formula is C15H26N4O. The zero-order chi connectivity index (χ0) is 14.4. The normalized spacial score (nSPS) is 16.9. The van der Waals surface area contributed by atoms with E-state index >= 15 is 0 Å². The third-order valence-corrected chi connectivity index (χ3v) is 3.51. The van der Waals surface area contributed by atoms with Crippen molar-refractivity contribution in [3.63, 3.8) is 0 Å². The van der Waals surface area contributed by atoms with Gasteiger partial charge in [-0.2, -0.15) is 0 Å². The van der Waals surface area contributed by atoms with Gasteiger partial charge in [-0.25, -0.2) is 4.98 Å². The van der Waals surface area contributed by atoms with Gasteiger partial charge in [-0.05, 0) is 18.1 Å². The highest BCUT2D eigenvalue weighted by Crippen LogP contribution is 2.15. The van der Waals surface area contributed by atoms with Crippen LogP contribution in [-0.4, -0.2) is 55.8 Å². The summed E-state index contributed by atoms with van der Waals surface area (Å²) in [6.07, 6.45) is 1.86. The summed E-state index contributed by atoms with van der Waals surface area (Å²) in [7, 11) is 0. The van der Waals surface area contributed by atoms with E-state index in [1.807, 2.05) is 18.3 Å². The molecule has 20 heavy (non-hydrogen) atoms. The summed E-state index contributed by atoms with van der Waals surface area (Å²) in [5.41, 5.74) is 6.78. The molecule has 112 valence electrons. The summed E-state index contributed by atoms with van der Waals surface area (Å²) in [4.78, 5) is 8.97. The van der Waals surface area contributed by atoms with Crippen LogP contribution < -0.4 is 10.6 Å². The first kappa shape index (κ1) is 15.1. The average Bonchev–Trinajstić information content (AvgIpc) is 2.45. The molecule has 5 nitrogen and oxygen atoms in total. The van der Waals surface area contributed by atoms with Crippen molar-refractivity contribution in [1.82, 2.24) is 9.88 Å². The molecule has 0 saturated carbocycles. The number of rotatable bonds is 6. The molecule has 1 aliphatic heterocycles. The van der Waals surface area contributed by atoms with Crippen LogP contribution in [0.2, 0.25) is 0 Å². The Morgan fingerprint density at radius 1 is 1.25 bits per heavy atom. The molecule has 1 aromatic rings. The number of anilines is 2. The largest absolute Gasteiger partial charge is 0.384 e. The van der Waals surface area contributed by atoms with Crippen molar-refractivity contribution in [3.8, 4) is 0 Å². The van der Waals surface area contributed by atoms with Gasteiger partial charge in [0.15, 0.2) is 0 Å². The minimum Gasteiger partial charge on any atom is -0.384 e. The van der Waals surface area contributed by atoms with Gasteiger partial charge in [0, 0.05) is 39.3 Å². The third kappa shape index (κ3) is 4.65. The van der Waals surface area contributed by atoms with E-state index in [9.17, 15) is 0 Å². The van der Waals surface area contributed by atoms with Crippen molar-refractivity contribution in [1.29, 1.82) is 0 Å². The Morgan fingerprint density at radius 3 is 2.60 bits per heavy atom. The summed E-state index contributed by atoms with van der Waals surface area (Å²) in [6.45, 7) is 11.3. The molecule has 0 aliphatic carbocycles. The SMILES string of the molecule is CC(C)COCCN1CCN(c2ccc(N)nc2)CC1. The van der Waals surface area contributed by atoms with E-state index in [2.05, 4.69) is 28.6 Å². The first-order chi connectivity index (χ1) is 9.65. The molecule has 1 saturated heterocycles. The molecule has 0 bridgehead atoms. The lowest BCUT2D eigenvalue weighted by molar-refractivity contribution is 0.0838. The summed E-state index contributed by atoms with van der Waals surface area (Å²) >= 11 is 0. The summed E-state index contributed by atoms with van der Waals surface area (Å²) < 4.78 is 5.64. The van der Waals surface area contributed by atoms with E-state index in [0.29, 0.717) is 11.7 Å². The van der Waals surface area contributed by atoms with Crippen LogP contribution in [-0.2, 0) is 4.74 Å². The molecule has 1 aromatic heterocycles. The van der Waals surface area contributed by atoms with Gasteiger partial charge < -0.3 is 15.4 Å². The van der Waals surface area contributed by atoms with Crippen molar-refractivity contribution < 1.29 is 4.74 Å². The first-order valence-electron chi connectivity index (χ1n) is 7.41. The minimum atomic E-state index is 0.578. The molecule has 2 rings (SSSR count). The molecule has 1 aliphatic rings. The number of hydrogen-bond acceptors (Lipinski definition) is 5. The Labute approximate surface area is 121 Å². The lowest BCUT2D eigenvalue weighted by Gasteiger charge is -2.35. The number of piperazine rings is 1. The zero-order valence-electron chi connectivity index (χ0n) is 12.6. The summed E-state index contributed by atoms with van der Waals surface area (Å²) in [5, 5.41) is 0. The standard InChI is InChI=1S/C15H26N4O/c1-13(2)12-20-10-9-18-5-7-19(8-6-18)14-3-4-15(16)17-11-14/h3-4,11,13H,5-10,12H2,1-2H3,(H2,16,17). The molecule has 1 fully saturated rings. The third-order valence-electron chi connectivity index (χ3n) is 3.51. The Kier molecular flexibility index (Phi) is 5.61. The molecule has 0 spiro atoms. The van der Waals surface area contributed by atoms with Crippen LogP contribution in [0.25, 0.3) is 0 Å². The topological polar surface area (TPSA) is 54.6 Å². The highest BCUT2D eigenvalue weighted by atomic mass is 16.5. The van der Waals surface area contributed by atoms with E-state index < -0.39 is 0 Å². The van der Waals surface area contributed by atoms with Gasteiger partial charge in [0.05, 0.1) is 18.5 Å². The molecule has 2 heterocycles. The van der Waals surface area contributed by atoms with Crippen LogP contribution in [0.15, 0.2) is 18.3 Å². The number of nitrogen functional groups attached to an aromatic ring is 1. The summed E-state index contributed by atoms with van der Waals surface area (Å²) in [6, 6.07) is 3.91. The first-order valence-corrected chi connectivity index (χ1v) is 7.41. The average molecular weight is 278 g/mol. The highest BCUT2D eigenvalue weighted by molar-refractivity contribution is 5.48. The van der Waals surface area contributed by atoms with Gasteiger partial charge in [-0.3, -0.25) is 4.90 Å². The Morgan fingerprint density at radius 2 is 2.00 bits per heavy atom. The Bertz CT molecular complexity index is 385. The van der Waals surface area contributed by atoms with Crippen LogP contribution in [0.3, 0.4) is 0 Å². The second-order valence-electron chi connectivity index (χ2n) is 5.74. The van der Waals surface area contributed by atoms with Crippen LogP contribution in [0.1, 0.15) is 13.8 Å². The van der Waals surface area contributed by atoms with Crippen molar-refractivity contribution in [2.24, 2.45) is 5.92 Å². The predicted molar refractivity (Wildman–Crippen MR) is 83.0 cm³/mol. The smallest absolute Gasteiger partial charge is 0.123 e. The van der Waals surface area contributed by atoms with Crippen LogP contribution in [0, 0.1) is 5.92 Å². The van der Waals surface area contributed by atoms with E-state index in [1.165, 1.54) is 0 Å². The summed E-state index contributed by atoms with van der Waals surface area (Å²) in [5.74, 6) is 1.19. The molecule has 0 aromatic carbocycles. The second kappa shape index (κ2) is 7.45. The van der Waals surface area contributed by atoms with Gasteiger partial charge in [0.25, 0.3) is 0 Å². The number of pyridine rings is 1. The fourth-order valence-electron chi connectivity index (χ4n) is 2.33. The maximum atomic E-state index is 5.64. The van der Waals surface area contributed by atoms with E-state index in [-0.39, 0.29) is 0 Å². The van der Waals surface area contributed by atoms with Crippen LogP contribution in [0.4, 0.5) is 11.5 Å². The van der Waals surface area contributed by atoms with E-state index in [4.69, 9.17) is 10.5 Å². The number of aromatic nitrogens is 1. The van der Waals surface area contributed by atoms with Gasteiger partial charge in [0.1, 0.15) is 5.82 Å². The van der Waals surface area contributed by atoms with E-state index in [1.54, 1.807) is 0 Å². The van der Waals surface area contributed by atoms with Crippen molar-refractivity contribution in [3.05, 3.63) is 18.3 Å². The molecule has 0 radical (unpaired) electrons. The van der Waals surface area contributed by atoms with Gasteiger partial charge in [-0.15, -0.1) is 0 Å². The molecule has 0 unspecified atom stereocenters. The zero-order valence-corrected chi connectivity index (χ0v) is 12.6. The fourth-order valence-corrected chi connectivity index (χ4v) is 2.33. The lowest BCUT2D eigenvalue weighted by atomic mass is 10.2. The predicted octanol–water partition coefficient (Wildman–Crippen LogP) is 1.46. The number of hydrogen-bond donors (Lipinski definition) is 1. The van der Waals surface area contributed by atoms with Crippen LogP contribution >= 0.6 is 0 Å².